The zero-order valence-electron chi connectivity index (χ0n) is 10.9. The summed E-state index contributed by atoms with van der Waals surface area (Å²) in [5, 5.41) is 13.7. The van der Waals surface area contributed by atoms with E-state index in [2.05, 4.69) is 10.3 Å². The highest BCUT2D eigenvalue weighted by Gasteiger charge is 2.35. The lowest BCUT2D eigenvalue weighted by molar-refractivity contribution is -0.145. The summed E-state index contributed by atoms with van der Waals surface area (Å²) < 4.78 is 9.72. The maximum atomic E-state index is 11.9. The summed E-state index contributed by atoms with van der Waals surface area (Å²) in [6.45, 7) is 1.55. The van der Waals surface area contributed by atoms with Crippen LogP contribution in [0.1, 0.15) is 22.4 Å². The van der Waals surface area contributed by atoms with Crippen LogP contribution in [-0.4, -0.2) is 48.3 Å². The molecule has 8 heteroatoms. The number of carbonyl (C=O) groups is 2. The van der Waals surface area contributed by atoms with Crippen LogP contribution >= 0.6 is 11.3 Å². The zero-order chi connectivity index (χ0) is 14.5. The minimum atomic E-state index is -1.49. The first-order chi connectivity index (χ1) is 8.92. The van der Waals surface area contributed by atoms with Gasteiger partial charge in [0.1, 0.15) is 10.7 Å². The fourth-order valence-corrected chi connectivity index (χ4v) is 2.10. The number of aliphatic carboxylic acids is 1. The second-order valence-corrected chi connectivity index (χ2v) is 5.03. The van der Waals surface area contributed by atoms with Crippen LogP contribution in [-0.2, 0) is 20.9 Å². The smallest absolute Gasteiger partial charge is 0.331 e. The van der Waals surface area contributed by atoms with Gasteiger partial charge in [-0.05, 0) is 6.92 Å². The van der Waals surface area contributed by atoms with E-state index >= 15 is 0 Å². The number of thiazole rings is 1. The third-order valence-corrected chi connectivity index (χ3v) is 3.17. The van der Waals surface area contributed by atoms with Gasteiger partial charge < -0.3 is 19.9 Å². The lowest BCUT2D eigenvalue weighted by Crippen LogP contribution is -2.55. The molecule has 19 heavy (non-hydrogen) atoms. The van der Waals surface area contributed by atoms with Gasteiger partial charge in [0.2, 0.25) is 0 Å². The molecule has 0 aromatic carbocycles. The van der Waals surface area contributed by atoms with Crippen molar-refractivity contribution in [2.75, 3.05) is 20.8 Å². The molecule has 1 atom stereocenters. The molecule has 1 unspecified atom stereocenters. The van der Waals surface area contributed by atoms with Crippen LogP contribution in [0.25, 0.3) is 0 Å². The third kappa shape index (κ3) is 3.98. The van der Waals surface area contributed by atoms with Crippen molar-refractivity contribution in [2.24, 2.45) is 0 Å². The minimum Gasteiger partial charge on any atom is -0.479 e. The van der Waals surface area contributed by atoms with Gasteiger partial charge in [0.15, 0.2) is 5.54 Å². The van der Waals surface area contributed by atoms with Crippen LogP contribution < -0.4 is 5.32 Å². The Bertz CT molecular complexity index is 462. The summed E-state index contributed by atoms with van der Waals surface area (Å²) in [4.78, 5) is 27.1. The summed E-state index contributed by atoms with van der Waals surface area (Å²) in [5.41, 5.74) is -1.32. The van der Waals surface area contributed by atoms with Gasteiger partial charge in [-0.3, -0.25) is 4.79 Å². The molecule has 1 amide bonds. The van der Waals surface area contributed by atoms with Crippen molar-refractivity contribution >= 4 is 23.2 Å². The van der Waals surface area contributed by atoms with Gasteiger partial charge in [0.05, 0.1) is 13.2 Å². The summed E-state index contributed by atoms with van der Waals surface area (Å²) in [6, 6.07) is 0. The Hall–Kier alpha value is -1.51. The van der Waals surface area contributed by atoms with Crippen LogP contribution in [0, 0.1) is 0 Å². The van der Waals surface area contributed by atoms with Crippen molar-refractivity contribution in [3.05, 3.63) is 16.1 Å². The number of rotatable bonds is 7. The molecule has 0 aliphatic carbocycles. The van der Waals surface area contributed by atoms with Crippen molar-refractivity contribution in [2.45, 2.75) is 19.1 Å². The number of hydrogen-bond acceptors (Lipinski definition) is 6. The zero-order valence-corrected chi connectivity index (χ0v) is 11.7. The van der Waals surface area contributed by atoms with Gasteiger partial charge in [-0.15, -0.1) is 11.3 Å². The topological polar surface area (TPSA) is 97.8 Å². The molecule has 1 rings (SSSR count). The van der Waals surface area contributed by atoms with Crippen LogP contribution in [0.4, 0.5) is 0 Å². The number of nitrogens with one attached hydrogen (secondary N) is 1. The number of amides is 1. The van der Waals surface area contributed by atoms with E-state index < -0.39 is 17.4 Å². The van der Waals surface area contributed by atoms with Gasteiger partial charge in [-0.1, -0.05) is 0 Å². The molecule has 2 N–H and O–H groups in total. The Morgan fingerprint density at radius 1 is 1.47 bits per heavy atom. The Labute approximate surface area is 114 Å². The van der Waals surface area contributed by atoms with Gasteiger partial charge in [0.25, 0.3) is 5.91 Å². The standard InChI is InChI=1S/C11H16N2O5S/c1-11(6-18-3,10(15)16)13-9(14)7-5-19-8(12-7)4-17-2/h5H,4,6H2,1-3H3,(H,13,14)(H,15,16). The van der Waals surface area contributed by atoms with Crippen LogP contribution in [0.15, 0.2) is 5.38 Å². The molecule has 0 fully saturated rings. The quantitative estimate of drug-likeness (QED) is 0.758. The van der Waals surface area contributed by atoms with E-state index in [0.29, 0.717) is 11.6 Å². The molecule has 0 radical (unpaired) electrons. The molecule has 0 saturated carbocycles. The van der Waals surface area contributed by atoms with E-state index in [1.165, 1.54) is 32.5 Å². The van der Waals surface area contributed by atoms with Crippen molar-refractivity contribution in [1.82, 2.24) is 10.3 Å². The summed E-state index contributed by atoms with van der Waals surface area (Å²) in [7, 11) is 2.90. The molecule has 7 nitrogen and oxygen atoms in total. The highest BCUT2D eigenvalue weighted by atomic mass is 32.1. The highest BCUT2D eigenvalue weighted by Crippen LogP contribution is 2.12. The number of hydrogen-bond donors (Lipinski definition) is 2. The number of methoxy groups -OCH3 is 2. The van der Waals surface area contributed by atoms with Crippen molar-refractivity contribution in [3.63, 3.8) is 0 Å². The van der Waals surface area contributed by atoms with Gasteiger partial charge in [-0.25, -0.2) is 9.78 Å². The molecule has 0 saturated heterocycles. The second-order valence-electron chi connectivity index (χ2n) is 4.08. The van der Waals surface area contributed by atoms with E-state index in [1.807, 2.05) is 0 Å². The Kier molecular flexibility index (Phi) is 5.40. The maximum Gasteiger partial charge on any atom is 0.331 e. The SMILES string of the molecule is COCc1nc(C(=O)NC(C)(COC)C(=O)O)cs1. The average Bonchev–Trinajstić information content (AvgIpc) is 2.78. The molecule has 0 spiro atoms. The normalized spacial score (nSPS) is 13.8. The van der Waals surface area contributed by atoms with Crippen molar-refractivity contribution < 1.29 is 24.2 Å². The van der Waals surface area contributed by atoms with Gasteiger partial charge in [0, 0.05) is 19.6 Å². The van der Waals surface area contributed by atoms with E-state index in [9.17, 15) is 9.59 Å². The molecule has 106 valence electrons. The summed E-state index contributed by atoms with van der Waals surface area (Å²) in [6.07, 6.45) is 0. The lowest BCUT2D eigenvalue weighted by atomic mass is 10.0. The van der Waals surface area contributed by atoms with Crippen molar-refractivity contribution in [3.8, 4) is 0 Å². The Morgan fingerprint density at radius 2 is 2.16 bits per heavy atom. The summed E-state index contributed by atoms with van der Waals surface area (Å²) in [5.74, 6) is -1.73. The number of ether oxygens (including phenoxy) is 2. The lowest BCUT2D eigenvalue weighted by Gasteiger charge is -2.24. The monoisotopic (exact) mass is 288 g/mol. The molecule has 1 aromatic rings. The number of carboxylic acids is 1. The van der Waals surface area contributed by atoms with Crippen LogP contribution in [0.3, 0.4) is 0 Å². The largest absolute Gasteiger partial charge is 0.479 e. The number of aromatic nitrogens is 1. The van der Waals surface area contributed by atoms with E-state index in [4.69, 9.17) is 14.6 Å². The molecule has 1 aromatic heterocycles. The van der Waals surface area contributed by atoms with E-state index in [0.717, 1.165) is 0 Å². The predicted octanol–water partition coefficient (Wildman–Crippen LogP) is 0.509. The van der Waals surface area contributed by atoms with Crippen LogP contribution in [0.5, 0.6) is 0 Å². The van der Waals surface area contributed by atoms with E-state index in [-0.39, 0.29) is 12.3 Å². The third-order valence-electron chi connectivity index (χ3n) is 2.35. The second kappa shape index (κ2) is 6.60. The number of carboxylic acid groups (broad SMARTS) is 1. The van der Waals surface area contributed by atoms with E-state index in [1.54, 1.807) is 5.38 Å². The molecule has 0 aliphatic rings. The number of nitrogens with zero attached hydrogens (tertiary/aromatic N) is 1. The molecular formula is C11H16N2O5S. The summed E-state index contributed by atoms with van der Waals surface area (Å²) >= 11 is 1.27. The minimum absolute atomic E-state index is 0.136. The fraction of sp³-hybridized carbons (Fsp3) is 0.545. The predicted molar refractivity (Wildman–Crippen MR) is 68.2 cm³/mol. The van der Waals surface area contributed by atoms with Crippen molar-refractivity contribution in [1.29, 1.82) is 0 Å². The molecule has 0 aliphatic heterocycles. The molecule has 0 bridgehead atoms. The Morgan fingerprint density at radius 3 is 2.68 bits per heavy atom. The fourth-order valence-electron chi connectivity index (χ4n) is 1.36. The first-order valence-corrected chi connectivity index (χ1v) is 6.29. The van der Waals surface area contributed by atoms with Gasteiger partial charge in [-0.2, -0.15) is 0 Å². The first-order valence-electron chi connectivity index (χ1n) is 5.41. The highest BCUT2D eigenvalue weighted by molar-refractivity contribution is 7.09. The maximum absolute atomic E-state index is 11.9. The van der Waals surface area contributed by atoms with Gasteiger partial charge >= 0.3 is 5.97 Å². The first kappa shape index (κ1) is 15.5. The van der Waals surface area contributed by atoms with Crippen LogP contribution in [0.2, 0.25) is 0 Å². The average molecular weight is 288 g/mol. The molecule has 1 heterocycles. The number of carbonyl (C=O) groups excluding carboxylic acids is 1. The Balaban J connectivity index is 2.78. The molecular weight excluding hydrogens is 272 g/mol.